The lowest BCUT2D eigenvalue weighted by atomic mass is 9.89. The lowest BCUT2D eigenvalue weighted by Gasteiger charge is -2.28. The molecule has 0 N–H and O–H groups in total. The van der Waals surface area contributed by atoms with Crippen LogP contribution in [0, 0.1) is 11.8 Å². The van der Waals surface area contributed by atoms with Gasteiger partial charge < -0.3 is 4.90 Å². The SMILES string of the molecule is CC.CC(C)C(=O)CC1CCN(C)CC1. The van der Waals surface area contributed by atoms with E-state index in [4.69, 9.17) is 0 Å². The van der Waals surface area contributed by atoms with Gasteiger partial charge in [0.1, 0.15) is 5.78 Å². The molecule has 0 saturated carbocycles. The highest BCUT2D eigenvalue weighted by Crippen LogP contribution is 2.21. The highest BCUT2D eigenvalue weighted by atomic mass is 16.1. The molecule has 1 fully saturated rings. The third-order valence-electron chi connectivity index (χ3n) is 2.97. The summed E-state index contributed by atoms with van der Waals surface area (Å²) in [5.74, 6) is 1.32. The van der Waals surface area contributed by atoms with E-state index in [1.807, 2.05) is 27.7 Å². The van der Waals surface area contributed by atoms with E-state index in [9.17, 15) is 4.79 Å². The second-order valence-electron chi connectivity index (χ2n) is 4.57. The van der Waals surface area contributed by atoms with E-state index < -0.39 is 0 Å². The molecule has 1 saturated heterocycles. The van der Waals surface area contributed by atoms with Crippen LogP contribution in [0.4, 0.5) is 0 Å². The van der Waals surface area contributed by atoms with Gasteiger partial charge in [-0.25, -0.2) is 0 Å². The first-order chi connectivity index (χ1) is 7.09. The molecule has 0 amide bonds. The average Bonchev–Trinajstić information content (AvgIpc) is 2.24. The molecule has 0 spiro atoms. The third-order valence-corrected chi connectivity index (χ3v) is 2.97. The summed E-state index contributed by atoms with van der Waals surface area (Å²) in [7, 11) is 2.15. The van der Waals surface area contributed by atoms with Crippen LogP contribution in [0.3, 0.4) is 0 Å². The third kappa shape index (κ3) is 5.93. The number of carbonyl (C=O) groups excluding carboxylic acids is 1. The number of piperidine rings is 1. The van der Waals surface area contributed by atoms with Crippen LogP contribution >= 0.6 is 0 Å². The van der Waals surface area contributed by atoms with E-state index in [1.54, 1.807) is 0 Å². The monoisotopic (exact) mass is 213 g/mol. The second-order valence-corrected chi connectivity index (χ2v) is 4.57. The summed E-state index contributed by atoms with van der Waals surface area (Å²) in [5.41, 5.74) is 0. The summed E-state index contributed by atoms with van der Waals surface area (Å²) in [6.07, 6.45) is 3.22. The van der Waals surface area contributed by atoms with Gasteiger partial charge in [0.15, 0.2) is 0 Å². The van der Waals surface area contributed by atoms with Crippen molar-refractivity contribution in [3.63, 3.8) is 0 Å². The Labute approximate surface area is 95.0 Å². The minimum absolute atomic E-state index is 0.222. The van der Waals surface area contributed by atoms with Crippen LogP contribution in [-0.4, -0.2) is 30.8 Å². The highest BCUT2D eigenvalue weighted by molar-refractivity contribution is 5.80. The van der Waals surface area contributed by atoms with Crippen LogP contribution in [-0.2, 0) is 4.79 Å². The fraction of sp³-hybridized carbons (Fsp3) is 0.923. The smallest absolute Gasteiger partial charge is 0.135 e. The molecular weight excluding hydrogens is 186 g/mol. The fourth-order valence-corrected chi connectivity index (χ4v) is 1.79. The van der Waals surface area contributed by atoms with Crippen LogP contribution in [0.5, 0.6) is 0 Å². The van der Waals surface area contributed by atoms with Gasteiger partial charge >= 0.3 is 0 Å². The van der Waals surface area contributed by atoms with Crippen LogP contribution in [0.1, 0.15) is 47.0 Å². The van der Waals surface area contributed by atoms with E-state index in [0.29, 0.717) is 11.7 Å². The van der Waals surface area contributed by atoms with Gasteiger partial charge in [0.2, 0.25) is 0 Å². The molecule has 0 bridgehead atoms. The van der Waals surface area contributed by atoms with Gasteiger partial charge in [-0.05, 0) is 38.9 Å². The molecule has 0 atom stereocenters. The Morgan fingerprint density at radius 3 is 2.13 bits per heavy atom. The summed E-state index contributed by atoms with van der Waals surface area (Å²) < 4.78 is 0. The van der Waals surface area contributed by atoms with Crippen LogP contribution < -0.4 is 0 Å². The molecule has 15 heavy (non-hydrogen) atoms. The van der Waals surface area contributed by atoms with E-state index >= 15 is 0 Å². The Morgan fingerprint density at radius 1 is 1.27 bits per heavy atom. The van der Waals surface area contributed by atoms with Crippen molar-refractivity contribution in [2.45, 2.75) is 47.0 Å². The minimum atomic E-state index is 0.222. The number of Topliss-reactive ketones (excluding diaryl/α,β-unsaturated/α-hetero) is 1. The zero-order valence-corrected chi connectivity index (χ0v) is 11.0. The summed E-state index contributed by atoms with van der Waals surface area (Å²) in [6, 6.07) is 0. The lowest BCUT2D eigenvalue weighted by Crippen LogP contribution is -2.31. The van der Waals surface area contributed by atoms with Crippen molar-refractivity contribution in [1.82, 2.24) is 4.90 Å². The maximum absolute atomic E-state index is 11.5. The van der Waals surface area contributed by atoms with E-state index in [0.717, 1.165) is 19.5 Å². The number of rotatable bonds is 3. The summed E-state index contributed by atoms with van der Waals surface area (Å²) in [6.45, 7) is 10.3. The molecule has 1 aliphatic heterocycles. The topological polar surface area (TPSA) is 20.3 Å². The normalized spacial score (nSPS) is 18.5. The molecule has 0 radical (unpaired) electrons. The van der Waals surface area contributed by atoms with Crippen LogP contribution in [0.25, 0.3) is 0 Å². The van der Waals surface area contributed by atoms with Crippen molar-refractivity contribution in [1.29, 1.82) is 0 Å². The standard InChI is InChI=1S/C11H21NO.C2H6/c1-9(2)11(13)8-10-4-6-12(3)7-5-10;1-2/h9-10H,4-8H2,1-3H3;1-2H3. The number of nitrogens with zero attached hydrogens (tertiary/aromatic N) is 1. The predicted octanol–water partition coefficient (Wildman–Crippen LogP) is 2.97. The van der Waals surface area contributed by atoms with Crippen molar-refractivity contribution in [3.8, 4) is 0 Å². The van der Waals surface area contributed by atoms with Crippen LogP contribution in [0.2, 0.25) is 0 Å². The molecule has 0 aliphatic carbocycles. The first-order valence-electron chi connectivity index (χ1n) is 6.31. The maximum atomic E-state index is 11.5. The Balaban J connectivity index is 0.000000921. The number of hydrogen-bond acceptors (Lipinski definition) is 2. The maximum Gasteiger partial charge on any atom is 0.135 e. The van der Waals surface area contributed by atoms with Crippen molar-refractivity contribution in [3.05, 3.63) is 0 Å². The van der Waals surface area contributed by atoms with Gasteiger partial charge in [0, 0.05) is 12.3 Å². The number of likely N-dealkylation sites (tertiary alicyclic amines) is 1. The molecule has 0 unspecified atom stereocenters. The Kier molecular flexibility index (Phi) is 7.67. The average molecular weight is 213 g/mol. The minimum Gasteiger partial charge on any atom is -0.306 e. The number of carbonyl (C=O) groups is 1. The Hall–Kier alpha value is -0.370. The predicted molar refractivity (Wildman–Crippen MR) is 66.0 cm³/mol. The van der Waals surface area contributed by atoms with Crippen molar-refractivity contribution >= 4 is 5.78 Å². The van der Waals surface area contributed by atoms with Gasteiger partial charge in [-0.1, -0.05) is 27.7 Å². The highest BCUT2D eigenvalue weighted by Gasteiger charge is 2.20. The van der Waals surface area contributed by atoms with E-state index in [-0.39, 0.29) is 5.92 Å². The quantitative estimate of drug-likeness (QED) is 0.718. The van der Waals surface area contributed by atoms with E-state index in [1.165, 1.54) is 12.8 Å². The molecule has 0 aromatic carbocycles. The molecular formula is C13H27NO. The summed E-state index contributed by atoms with van der Waals surface area (Å²) in [5, 5.41) is 0. The molecule has 1 rings (SSSR count). The first-order valence-corrected chi connectivity index (χ1v) is 6.31. The largest absolute Gasteiger partial charge is 0.306 e. The van der Waals surface area contributed by atoms with Crippen molar-refractivity contribution in [2.24, 2.45) is 11.8 Å². The van der Waals surface area contributed by atoms with Crippen LogP contribution in [0.15, 0.2) is 0 Å². The van der Waals surface area contributed by atoms with Crippen molar-refractivity contribution in [2.75, 3.05) is 20.1 Å². The van der Waals surface area contributed by atoms with Gasteiger partial charge in [-0.15, -0.1) is 0 Å². The molecule has 2 heteroatoms. The van der Waals surface area contributed by atoms with Gasteiger partial charge in [-0.3, -0.25) is 4.79 Å². The van der Waals surface area contributed by atoms with Gasteiger partial charge in [-0.2, -0.15) is 0 Å². The van der Waals surface area contributed by atoms with Crippen molar-refractivity contribution < 1.29 is 4.79 Å². The van der Waals surface area contributed by atoms with E-state index in [2.05, 4.69) is 11.9 Å². The fourth-order valence-electron chi connectivity index (χ4n) is 1.79. The Bertz CT molecular complexity index is 169. The number of hydrogen-bond donors (Lipinski definition) is 0. The molecule has 1 aliphatic rings. The molecule has 90 valence electrons. The molecule has 2 nitrogen and oxygen atoms in total. The van der Waals surface area contributed by atoms with Gasteiger partial charge in [0.05, 0.1) is 0 Å². The summed E-state index contributed by atoms with van der Waals surface area (Å²) >= 11 is 0. The van der Waals surface area contributed by atoms with Gasteiger partial charge in [0.25, 0.3) is 0 Å². The first kappa shape index (κ1) is 14.6. The molecule has 0 aromatic heterocycles. The second kappa shape index (κ2) is 7.86. The number of ketones is 1. The molecule has 1 heterocycles. The Morgan fingerprint density at radius 2 is 1.73 bits per heavy atom. The zero-order valence-electron chi connectivity index (χ0n) is 11.0. The zero-order chi connectivity index (χ0) is 11.8. The summed E-state index contributed by atoms with van der Waals surface area (Å²) in [4.78, 5) is 13.8. The lowest BCUT2D eigenvalue weighted by molar-refractivity contribution is -0.123. The molecule has 0 aromatic rings.